The summed E-state index contributed by atoms with van der Waals surface area (Å²) in [5.74, 6) is -0.0259. The van der Waals surface area contributed by atoms with E-state index >= 15 is 0 Å². The Morgan fingerprint density at radius 2 is 1.95 bits per heavy atom. The summed E-state index contributed by atoms with van der Waals surface area (Å²) in [6.07, 6.45) is 2.57. The molecule has 1 aromatic carbocycles. The number of benzene rings is 1. The van der Waals surface area contributed by atoms with Gasteiger partial charge in [0.15, 0.2) is 0 Å². The van der Waals surface area contributed by atoms with Crippen molar-refractivity contribution >= 4 is 17.2 Å². The maximum atomic E-state index is 12.0. The topological polar surface area (TPSA) is 42.0 Å². The van der Waals surface area contributed by atoms with Crippen molar-refractivity contribution in [1.82, 2.24) is 10.3 Å². The minimum atomic E-state index is -0.0259. The van der Waals surface area contributed by atoms with Gasteiger partial charge in [0.2, 0.25) is 0 Å². The summed E-state index contributed by atoms with van der Waals surface area (Å²) >= 11 is 1.61. The second-order valence-electron chi connectivity index (χ2n) is 5.76. The molecule has 1 aromatic heterocycles. The average molecular weight is 288 g/mol. The lowest BCUT2D eigenvalue weighted by molar-refractivity contribution is 0.0954. The van der Waals surface area contributed by atoms with Crippen LogP contribution in [-0.2, 0) is 11.8 Å². The van der Waals surface area contributed by atoms with Gasteiger partial charge in [-0.15, -0.1) is 11.3 Å². The van der Waals surface area contributed by atoms with Gasteiger partial charge in [0.05, 0.1) is 5.01 Å². The number of nitrogens with zero attached hydrogens (tertiary/aromatic N) is 1. The number of aromatic nitrogens is 1. The van der Waals surface area contributed by atoms with Gasteiger partial charge < -0.3 is 5.32 Å². The molecule has 0 atom stereocenters. The molecular weight excluding hydrogens is 268 g/mol. The van der Waals surface area contributed by atoms with Crippen LogP contribution < -0.4 is 5.32 Å². The van der Waals surface area contributed by atoms with E-state index in [0.29, 0.717) is 12.1 Å². The summed E-state index contributed by atoms with van der Waals surface area (Å²) in [6, 6.07) is 7.82. The van der Waals surface area contributed by atoms with E-state index in [0.717, 1.165) is 11.4 Å². The molecule has 2 aromatic rings. The highest BCUT2D eigenvalue weighted by Crippen LogP contribution is 2.22. The molecule has 3 nitrogen and oxygen atoms in total. The van der Waals surface area contributed by atoms with Crippen LogP contribution in [0.3, 0.4) is 0 Å². The highest BCUT2D eigenvalue weighted by molar-refractivity contribution is 7.09. The van der Waals surface area contributed by atoms with Crippen LogP contribution in [0.1, 0.15) is 41.7 Å². The van der Waals surface area contributed by atoms with Crippen molar-refractivity contribution in [2.75, 3.05) is 6.54 Å². The van der Waals surface area contributed by atoms with Gasteiger partial charge in [-0.1, -0.05) is 32.9 Å². The van der Waals surface area contributed by atoms with Crippen LogP contribution >= 0.6 is 11.3 Å². The maximum Gasteiger partial charge on any atom is 0.251 e. The molecule has 1 N–H and O–H groups in total. The quantitative estimate of drug-likeness (QED) is 0.936. The van der Waals surface area contributed by atoms with E-state index in [2.05, 4.69) is 31.1 Å². The highest BCUT2D eigenvalue weighted by atomic mass is 32.1. The summed E-state index contributed by atoms with van der Waals surface area (Å²) in [6.45, 7) is 7.11. The van der Waals surface area contributed by atoms with Gasteiger partial charge in [0, 0.05) is 30.1 Å². The van der Waals surface area contributed by atoms with Crippen LogP contribution in [0.4, 0.5) is 0 Å². The normalized spacial score (nSPS) is 11.3. The van der Waals surface area contributed by atoms with Crippen LogP contribution in [0.15, 0.2) is 35.8 Å². The van der Waals surface area contributed by atoms with Gasteiger partial charge in [0.1, 0.15) is 0 Å². The Kier molecular flexibility index (Phi) is 4.55. The second-order valence-corrected chi connectivity index (χ2v) is 6.74. The SMILES string of the molecule is CC(C)(C)c1ccc(C(=O)NCCc2nccs2)cc1. The number of carbonyl (C=O) groups excluding carboxylic acids is 1. The van der Waals surface area contributed by atoms with Crippen molar-refractivity contribution in [3.63, 3.8) is 0 Å². The van der Waals surface area contributed by atoms with E-state index in [1.165, 1.54) is 5.56 Å². The molecule has 0 saturated heterocycles. The van der Waals surface area contributed by atoms with Gasteiger partial charge in [-0.2, -0.15) is 0 Å². The number of hydrogen-bond donors (Lipinski definition) is 1. The summed E-state index contributed by atoms with van der Waals surface area (Å²) in [5, 5.41) is 5.92. The molecule has 0 saturated carbocycles. The Bertz CT molecular complexity index is 553. The first-order valence-corrected chi connectivity index (χ1v) is 7.62. The summed E-state index contributed by atoms with van der Waals surface area (Å²) in [4.78, 5) is 16.2. The molecule has 4 heteroatoms. The fraction of sp³-hybridized carbons (Fsp3) is 0.375. The van der Waals surface area contributed by atoms with E-state index in [1.807, 2.05) is 29.6 Å². The number of hydrogen-bond acceptors (Lipinski definition) is 3. The van der Waals surface area contributed by atoms with Gasteiger partial charge >= 0.3 is 0 Å². The van der Waals surface area contributed by atoms with Crippen molar-refractivity contribution in [2.24, 2.45) is 0 Å². The van der Waals surface area contributed by atoms with Crippen LogP contribution in [0, 0.1) is 0 Å². The van der Waals surface area contributed by atoms with Crippen molar-refractivity contribution in [1.29, 1.82) is 0 Å². The van der Waals surface area contributed by atoms with Gasteiger partial charge in [-0.05, 0) is 23.1 Å². The zero-order valence-electron chi connectivity index (χ0n) is 12.1. The Hall–Kier alpha value is -1.68. The second kappa shape index (κ2) is 6.18. The molecule has 1 amide bonds. The molecular formula is C16H20N2OS. The predicted molar refractivity (Wildman–Crippen MR) is 83.3 cm³/mol. The number of rotatable bonds is 4. The van der Waals surface area contributed by atoms with Crippen LogP contribution in [0.5, 0.6) is 0 Å². The van der Waals surface area contributed by atoms with Crippen LogP contribution in [-0.4, -0.2) is 17.4 Å². The van der Waals surface area contributed by atoms with E-state index in [1.54, 1.807) is 17.5 Å². The summed E-state index contributed by atoms with van der Waals surface area (Å²) in [7, 11) is 0. The average Bonchev–Trinajstić information content (AvgIpc) is 2.91. The highest BCUT2D eigenvalue weighted by Gasteiger charge is 2.14. The van der Waals surface area contributed by atoms with Crippen LogP contribution in [0.2, 0.25) is 0 Å². The molecule has 0 fully saturated rings. The van der Waals surface area contributed by atoms with E-state index in [9.17, 15) is 4.79 Å². The Labute approximate surface area is 124 Å². The van der Waals surface area contributed by atoms with Crippen molar-refractivity contribution in [2.45, 2.75) is 32.6 Å². The smallest absolute Gasteiger partial charge is 0.251 e. The lowest BCUT2D eigenvalue weighted by Gasteiger charge is -2.19. The molecule has 0 unspecified atom stereocenters. The van der Waals surface area contributed by atoms with Crippen molar-refractivity contribution < 1.29 is 4.79 Å². The van der Waals surface area contributed by atoms with Crippen molar-refractivity contribution in [3.05, 3.63) is 52.0 Å². The first-order valence-electron chi connectivity index (χ1n) is 6.74. The third-order valence-corrected chi connectivity index (χ3v) is 3.96. The predicted octanol–water partition coefficient (Wildman–Crippen LogP) is 3.41. The molecule has 0 aliphatic heterocycles. The fourth-order valence-corrected chi connectivity index (χ4v) is 2.50. The molecule has 0 aliphatic rings. The Balaban J connectivity index is 1.89. The minimum Gasteiger partial charge on any atom is -0.352 e. The zero-order chi connectivity index (χ0) is 14.6. The molecule has 0 spiro atoms. The zero-order valence-corrected chi connectivity index (χ0v) is 13.0. The van der Waals surface area contributed by atoms with Gasteiger partial charge in [-0.3, -0.25) is 4.79 Å². The Morgan fingerprint density at radius 1 is 1.25 bits per heavy atom. The van der Waals surface area contributed by atoms with E-state index in [-0.39, 0.29) is 11.3 Å². The molecule has 0 aliphatic carbocycles. The van der Waals surface area contributed by atoms with Gasteiger partial charge in [-0.25, -0.2) is 4.98 Å². The molecule has 1 heterocycles. The first kappa shape index (κ1) is 14.7. The summed E-state index contributed by atoms with van der Waals surface area (Å²) < 4.78 is 0. The Morgan fingerprint density at radius 3 is 2.50 bits per heavy atom. The summed E-state index contributed by atoms with van der Waals surface area (Å²) in [5.41, 5.74) is 2.05. The third-order valence-electron chi connectivity index (χ3n) is 3.12. The minimum absolute atomic E-state index is 0.0259. The molecule has 0 bridgehead atoms. The van der Waals surface area contributed by atoms with Gasteiger partial charge in [0.25, 0.3) is 5.91 Å². The standard InChI is InChI=1S/C16H20N2OS/c1-16(2,3)13-6-4-12(5-7-13)15(19)18-9-8-14-17-10-11-20-14/h4-7,10-11H,8-9H2,1-3H3,(H,18,19). The molecule has 0 radical (unpaired) electrons. The maximum absolute atomic E-state index is 12.0. The molecule has 20 heavy (non-hydrogen) atoms. The lowest BCUT2D eigenvalue weighted by Crippen LogP contribution is -2.25. The molecule has 106 valence electrons. The van der Waals surface area contributed by atoms with Crippen LogP contribution in [0.25, 0.3) is 0 Å². The number of amides is 1. The fourth-order valence-electron chi connectivity index (χ4n) is 1.88. The largest absolute Gasteiger partial charge is 0.352 e. The monoisotopic (exact) mass is 288 g/mol. The molecule has 2 rings (SSSR count). The van der Waals surface area contributed by atoms with E-state index in [4.69, 9.17) is 0 Å². The number of thiazole rings is 1. The number of nitrogens with one attached hydrogen (secondary N) is 1. The lowest BCUT2D eigenvalue weighted by atomic mass is 9.87. The van der Waals surface area contributed by atoms with Crippen molar-refractivity contribution in [3.8, 4) is 0 Å². The number of carbonyl (C=O) groups is 1. The first-order chi connectivity index (χ1) is 9.47. The third kappa shape index (κ3) is 3.90. The van der Waals surface area contributed by atoms with E-state index < -0.39 is 0 Å².